The highest BCUT2D eigenvalue weighted by atomic mass is 16.5. The van der Waals surface area contributed by atoms with Crippen molar-refractivity contribution in [3.05, 3.63) is 264 Å². The zero-order valence-electron chi connectivity index (χ0n) is 76.5. The molecular formula is C105H120N12O12. The maximum absolute atomic E-state index is 11.9. The normalized spacial score (nSPS) is 16.0. The number of nitrogens with zero attached hydrogens (tertiary/aromatic N) is 12. The predicted octanol–water partition coefficient (Wildman–Crippen LogP) is 19.5. The smallest absolute Gasteiger partial charge is 0.356 e. The average molecular weight is 1740 g/mol. The quantitative estimate of drug-likeness (QED) is 0.0537. The Balaban J connectivity index is 0.000000142. The van der Waals surface area contributed by atoms with Gasteiger partial charge < -0.3 is 43.7 Å². The third-order valence-electron chi connectivity index (χ3n) is 26.1. The molecule has 24 heteroatoms. The van der Waals surface area contributed by atoms with Crippen LogP contribution in [0.2, 0.25) is 0 Å². The van der Waals surface area contributed by atoms with Gasteiger partial charge in [0.05, 0.1) is 56.8 Å². The number of aromatic carboxylic acids is 3. The van der Waals surface area contributed by atoms with Gasteiger partial charge in [-0.3, -0.25) is 28.7 Å². The zero-order valence-corrected chi connectivity index (χ0v) is 76.5. The minimum absolute atomic E-state index is 0.0216. The van der Waals surface area contributed by atoms with Gasteiger partial charge in [-0.15, -0.1) is 0 Å². The van der Waals surface area contributed by atoms with E-state index in [1.54, 1.807) is 34.8 Å². The molecule has 6 aliphatic heterocycles. The molecule has 6 aliphatic rings. The summed E-state index contributed by atoms with van der Waals surface area (Å²) in [4.78, 5) is 58.4. The third-order valence-corrected chi connectivity index (χ3v) is 26.1. The number of para-hydroxylation sites is 3. The summed E-state index contributed by atoms with van der Waals surface area (Å²) in [5.41, 5.74) is 25.8. The number of aromatic nitrogens is 9. The zero-order chi connectivity index (χ0) is 90.3. The first-order valence-corrected chi connectivity index (χ1v) is 45.7. The third kappa shape index (κ3) is 20.2. The van der Waals surface area contributed by atoms with Crippen molar-refractivity contribution in [3.8, 4) is 85.2 Å². The van der Waals surface area contributed by atoms with Gasteiger partial charge in [-0.2, -0.15) is 15.3 Å². The minimum atomic E-state index is -1.05. The summed E-state index contributed by atoms with van der Waals surface area (Å²) in [7, 11) is 0. The van der Waals surface area contributed by atoms with E-state index in [4.69, 9.17) is 43.4 Å². The van der Waals surface area contributed by atoms with Crippen LogP contribution in [0.1, 0.15) is 201 Å². The maximum atomic E-state index is 11.9. The SMILES string of the molecule is CCn1nc(C(=O)O)c(C)c1-c1cccc(-c2cccc(C)c2OCc2ccc3c(c2)CCN(C2CCOCC2)C3)n1.Cc1cccc(-c2cccc(-c3c(C)c(C(=O)O)nn3C(C)(C)C)n2)c1OCc1ccc2c(c1)CCN(C1CCOCC1)C2.Cc1cccc(-c2cccc(-c3c(C)c(C(=O)O)nn3C(C)C)n2)c1OCc1ccc2c(c1)CCN(C1CCOCC1)C2. The Labute approximate surface area is 756 Å². The Hall–Kier alpha value is -12.0. The van der Waals surface area contributed by atoms with E-state index in [-0.39, 0.29) is 23.1 Å². The number of pyridine rings is 3. The van der Waals surface area contributed by atoms with Crippen LogP contribution in [0.4, 0.5) is 0 Å². The van der Waals surface area contributed by atoms with Crippen LogP contribution in [0, 0.1) is 41.5 Å². The summed E-state index contributed by atoms with van der Waals surface area (Å²) in [5, 5.41) is 42.2. The Morgan fingerprint density at radius 1 is 0.403 bits per heavy atom. The van der Waals surface area contributed by atoms with Gasteiger partial charge in [0.25, 0.3) is 0 Å². The Bertz CT molecular complexity index is 6080. The summed E-state index contributed by atoms with van der Waals surface area (Å²) in [6, 6.07) is 58.0. The monoisotopic (exact) mass is 1740 g/mol. The molecule has 24 nitrogen and oxygen atoms in total. The van der Waals surface area contributed by atoms with E-state index in [0.717, 1.165) is 227 Å². The van der Waals surface area contributed by atoms with Crippen LogP contribution in [0.5, 0.6) is 17.2 Å². The van der Waals surface area contributed by atoms with Crippen molar-refractivity contribution < 1.29 is 58.1 Å². The van der Waals surface area contributed by atoms with Crippen LogP contribution in [0.3, 0.4) is 0 Å². The molecule has 0 amide bonds. The Morgan fingerprint density at radius 3 is 1.07 bits per heavy atom. The first-order valence-electron chi connectivity index (χ1n) is 45.7. The van der Waals surface area contributed by atoms with Gasteiger partial charge >= 0.3 is 17.9 Å². The molecule has 6 aromatic heterocycles. The van der Waals surface area contributed by atoms with Crippen LogP contribution >= 0.6 is 0 Å². The van der Waals surface area contributed by atoms with Gasteiger partial charge in [0.15, 0.2) is 17.1 Å². The second-order valence-electron chi connectivity index (χ2n) is 36.3. The number of ether oxygens (including phenoxy) is 6. The first kappa shape index (κ1) is 90.3. The molecular weight excluding hydrogens is 1620 g/mol. The molecule has 12 aromatic rings. The van der Waals surface area contributed by atoms with E-state index in [1.165, 1.54) is 33.4 Å². The highest BCUT2D eigenvalue weighted by molar-refractivity contribution is 5.91. The largest absolute Gasteiger partial charge is 0.488 e. The van der Waals surface area contributed by atoms with Crippen LogP contribution < -0.4 is 14.2 Å². The molecule has 0 unspecified atom stereocenters. The lowest BCUT2D eigenvalue weighted by molar-refractivity contribution is 0.0289. The number of benzene rings is 6. The lowest BCUT2D eigenvalue weighted by Gasteiger charge is -2.37. The van der Waals surface area contributed by atoms with E-state index in [9.17, 15) is 29.7 Å². The van der Waals surface area contributed by atoms with E-state index in [0.29, 0.717) is 89.7 Å². The molecule has 3 fully saturated rings. The fourth-order valence-corrected chi connectivity index (χ4v) is 19.2. The van der Waals surface area contributed by atoms with Crippen molar-refractivity contribution in [2.24, 2.45) is 0 Å². The molecule has 0 aliphatic carbocycles. The second kappa shape index (κ2) is 39.9. The number of carbonyl (C=O) groups is 3. The lowest BCUT2D eigenvalue weighted by Crippen LogP contribution is -2.42. The van der Waals surface area contributed by atoms with Gasteiger partial charge in [0.2, 0.25) is 0 Å². The molecule has 12 heterocycles. The molecule has 672 valence electrons. The molecule has 3 N–H and O–H groups in total. The number of carboxylic acid groups (broad SMARTS) is 3. The van der Waals surface area contributed by atoms with E-state index < -0.39 is 23.4 Å². The Kier molecular flexibility index (Phi) is 27.9. The van der Waals surface area contributed by atoms with Crippen LogP contribution in [0.15, 0.2) is 164 Å². The summed E-state index contributed by atoms with van der Waals surface area (Å²) < 4.78 is 41.5. The fourth-order valence-electron chi connectivity index (χ4n) is 19.2. The van der Waals surface area contributed by atoms with Crippen LogP contribution in [-0.2, 0) is 85.0 Å². The van der Waals surface area contributed by atoms with Gasteiger partial charge in [0.1, 0.15) is 37.1 Å². The highest BCUT2D eigenvalue weighted by Gasteiger charge is 2.33. The number of fused-ring (bicyclic) bond motifs is 3. The van der Waals surface area contributed by atoms with Crippen molar-refractivity contribution in [2.75, 3.05) is 59.3 Å². The number of hydrogen-bond acceptors (Lipinski definition) is 18. The van der Waals surface area contributed by atoms with Crippen molar-refractivity contribution >= 4 is 17.9 Å². The lowest BCUT2D eigenvalue weighted by atomic mass is 9.95. The molecule has 0 bridgehead atoms. The Morgan fingerprint density at radius 2 is 0.721 bits per heavy atom. The van der Waals surface area contributed by atoms with Crippen molar-refractivity contribution in [3.63, 3.8) is 0 Å². The van der Waals surface area contributed by atoms with Crippen molar-refractivity contribution in [1.29, 1.82) is 0 Å². The first-order chi connectivity index (χ1) is 62.3. The second-order valence-corrected chi connectivity index (χ2v) is 36.3. The van der Waals surface area contributed by atoms with Gasteiger partial charge in [-0.1, -0.05) is 109 Å². The average Bonchev–Trinajstić information content (AvgIpc) is 1.62. The van der Waals surface area contributed by atoms with E-state index in [1.807, 2.05) is 133 Å². The van der Waals surface area contributed by atoms with Crippen LogP contribution in [-0.4, -0.2) is 170 Å². The summed E-state index contributed by atoms with van der Waals surface area (Å²) in [6.45, 7) is 37.0. The topological polar surface area (TPSA) is 269 Å². The van der Waals surface area contributed by atoms with E-state index >= 15 is 0 Å². The highest BCUT2D eigenvalue weighted by Crippen LogP contribution is 2.42. The molecule has 3 saturated heterocycles. The molecule has 129 heavy (non-hydrogen) atoms. The minimum Gasteiger partial charge on any atom is -0.488 e. The molecule has 6 aromatic carbocycles. The number of carboxylic acids is 3. The number of hydrogen-bond donors (Lipinski definition) is 3. The standard InChI is InChI=1S/C36H42N4O4.C35H40N4O4.C34H38N4O4/c1-23-8-6-9-29(30-10-7-11-31(37-30)33-24(2)32(35(41)42)38-40(33)36(3,4)5)34(23)44-22-25-12-13-27-21-39(17-14-26(27)20-25)28-15-18-43-19-16-28;1-22(2)39-33(24(4)32(37-39)35(40)41)31-10-6-9-30(36-31)29-8-5-7-23(3)34(29)43-21-25-11-12-27-20-38(16-13-26(27)19-25)28-14-17-42-18-15-28;1-4-38-32(23(3)31(36-38)34(39)40)30-10-6-9-29(35-30)28-8-5-7-22(2)33(28)42-21-24-11-12-26-20-37(16-13-25(26)19-24)27-14-17-41-18-15-27/h6-13,20,28H,14-19,21-22H2,1-5H3,(H,41,42);5-12,19,22,28H,13-18,20-21H2,1-4H3,(H,40,41);5-12,19,27H,4,13-18,20-21H2,1-3H3,(H,39,40). The summed E-state index contributed by atoms with van der Waals surface area (Å²) in [6.07, 6.45) is 9.94. The molecule has 0 saturated carbocycles. The van der Waals surface area contributed by atoms with Gasteiger partial charge in [-0.25, -0.2) is 29.3 Å². The van der Waals surface area contributed by atoms with Gasteiger partial charge in [-0.05, 0) is 262 Å². The molecule has 0 spiro atoms. The molecule has 0 radical (unpaired) electrons. The molecule has 18 rings (SSSR count). The van der Waals surface area contributed by atoms with E-state index in [2.05, 4.69) is 124 Å². The van der Waals surface area contributed by atoms with Crippen molar-refractivity contribution in [1.82, 2.24) is 59.0 Å². The van der Waals surface area contributed by atoms with Gasteiger partial charge in [0, 0.05) is 143 Å². The molecule has 0 atom stereocenters. The van der Waals surface area contributed by atoms with Crippen molar-refractivity contribution in [2.45, 2.75) is 217 Å². The maximum Gasteiger partial charge on any atom is 0.356 e. The summed E-state index contributed by atoms with van der Waals surface area (Å²) in [5.74, 6) is -0.717. The van der Waals surface area contributed by atoms with Crippen LogP contribution in [0.25, 0.3) is 67.9 Å². The summed E-state index contributed by atoms with van der Waals surface area (Å²) >= 11 is 0. The fraction of sp³-hybridized carbons (Fsp3) is 0.400. The number of aryl methyl sites for hydroxylation is 4. The predicted molar refractivity (Wildman–Crippen MR) is 499 cm³/mol. The number of rotatable bonds is 23.